The lowest BCUT2D eigenvalue weighted by atomic mass is 10.4. The van der Waals surface area contributed by atoms with Crippen molar-refractivity contribution in [3.8, 4) is 0 Å². The fourth-order valence-corrected chi connectivity index (χ4v) is 1.75. The summed E-state index contributed by atoms with van der Waals surface area (Å²) in [7, 11) is 0. The van der Waals surface area contributed by atoms with Crippen molar-refractivity contribution in [2.75, 3.05) is 39.6 Å². The Bertz CT molecular complexity index is 391. The van der Waals surface area contributed by atoms with Crippen LogP contribution in [0.1, 0.15) is 30.3 Å². The molecule has 0 unspecified atom stereocenters. The van der Waals surface area contributed by atoms with Crippen LogP contribution in [0.5, 0.6) is 0 Å². The van der Waals surface area contributed by atoms with Gasteiger partial charge in [-0.05, 0) is 18.6 Å². The Morgan fingerprint density at radius 1 is 1.10 bits per heavy atom. The smallest absolute Gasteiger partial charge is 0.352 e. The maximum atomic E-state index is 10.9. The van der Waals surface area contributed by atoms with E-state index in [9.17, 15) is 4.79 Å². The van der Waals surface area contributed by atoms with Crippen LogP contribution in [0.3, 0.4) is 0 Å². The van der Waals surface area contributed by atoms with E-state index >= 15 is 0 Å². The van der Waals surface area contributed by atoms with Crippen molar-refractivity contribution in [1.29, 1.82) is 0 Å². The van der Waals surface area contributed by atoms with Gasteiger partial charge in [0, 0.05) is 19.3 Å². The van der Waals surface area contributed by atoms with Gasteiger partial charge in [0.1, 0.15) is 5.69 Å². The molecule has 1 N–H and O–H groups in total. The van der Waals surface area contributed by atoms with Crippen molar-refractivity contribution in [3.05, 3.63) is 24.0 Å². The predicted octanol–water partition coefficient (Wildman–Crippen LogP) is 2.04. The highest BCUT2D eigenvalue weighted by molar-refractivity contribution is 5.85. The van der Waals surface area contributed by atoms with Crippen LogP contribution in [0.15, 0.2) is 18.3 Å². The maximum Gasteiger partial charge on any atom is 0.352 e. The van der Waals surface area contributed by atoms with Crippen LogP contribution in [0, 0.1) is 0 Å². The van der Waals surface area contributed by atoms with E-state index in [1.54, 1.807) is 22.9 Å². The molecule has 0 radical (unpaired) electrons. The highest BCUT2D eigenvalue weighted by Gasteiger charge is 2.07. The molecule has 0 amide bonds. The molecular weight excluding hydrogens is 274 g/mol. The summed E-state index contributed by atoms with van der Waals surface area (Å²) in [5.74, 6) is -0.925. The molecule has 6 heteroatoms. The Labute approximate surface area is 125 Å². The second kappa shape index (κ2) is 11.3. The minimum Gasteiger partial charge on any atom is -0.477 e. The van der Waals surface area contributed by atoms with Crippen LogP contribution in [0.25, 0.3) is 0 Å². The van der Waals surface area contributed by atoms with Crippen molar-refractivity contribution in [2.24, 2.45) is 0 Å². The van der Waals surface area contributed by atoms with Gasteiger partial charge in [0.2, 0.25) is 0 Å². The fraction of sp³-hybridized carbons (Fsp3) is 0.667. The third kappa shape index (κ3) is 7.84. The monoisotopic (exact) mass is 299 g/mol. The second-order valence-corrected chi connectivity index (χ2v) is 4.58. The zero-order valence-corrected chi connectivity index (χ0v) is 12.6. The third-order valence-corrected chi connectivity index (χ3v) is 2.91. The van der Waals surface area contributed by atoms with Crippen molar-refractivity contribution >= 4 is 5.97 Å². The molecule has 0 aliphatic carbocycles. The average molecular weight is 299 g/mol. The van der Waals surface area contributed by atoms with Gasteiger partial charge in [-0.15, -0.1) is 0 Å². The van der Waals surface area contributed by atoms with Gasteiger partial charge in [-0.25, -0.2) is 4.79 Å². The minimum absolute atomic E-state index is 0.277. The first kappa shape index (κ1) is 17.7. The largest absolute Gasteiger partial charge is 0.477 e. The van der Waals surface area contributed by atoms with Gasteiger partial charge in [0.05, 0.1) is 33.0 Å². The van der Waals surface area contributed by atoms with Crippen molar-refractivity contribution in [2.45, 2.75) is 26.3 Å². The van der Waals surface area contributed by atoms with Crippen LogP contribution in [-0.4, -0.2) is 55.3 Å². The molecule has 0 aliphatic rings. The molecule has 0 saturated carbocycles. The lowest BCUT2D eigenvalue weighted by Gasteiger charge is -2.08. The van der Waals surface area contributed by atoms with Gasteiger partial charge in [-0.1, -0.05) is 13.3 Å². The number of nitrogens with zero attached hydrogens (tertiary/aromatic N) is 1. The van der Waals surface area contributed by atoms with Crippen LogP contribution < -0.4 is 0 Å². The van der Waals surface area contributed by atoms with E-state index in [0.717, 1.165) is 19.4 Å². The summed E-state index contributed by atoms with van der Waals surface area (Å²) in [5, 5.41) is 8.94. The van der Waals surface area contributed by atoms with E-state index in [2.05, 4.69) is 6.92 Å². The number of hydrogen-bond acceptors (Lipinski definition) is 4. The topological polar surface area (TPSA) is 69.9 Å². The van der Waals surface area contributed by atoms with Crippen molar-refractivity contribution < 1.29 is 24.1 Å². The molecular formula is C15H25NO5. The number of unbranched alkanes of at least 4 members (excludes halogenated alkanes) is 1. The number of hydrogen-bond donors (Lipinski definition) is 1. The summed E-state index contributed by atoms with van der Waals surface area (Å²) in [4.78, 5) is 10.9. The summed E-state index contributed by atoms with van der Waals surface area (Å²) < 4.78 is 17.8. The van der Waals surface area contributed by atoms with Gasteiger partial charge >= 0.3 is 5.97 Å². The third-order valence-electron chi connectivity index (χ3n) is 2.91. The Balaban J connectivity index is 1.93. The number of aromatic carboxylic acids is 1. The molecule has 0 saturated heterocycles. The highest BCUT2D eigenvalue weighted by Crippen LogP contribution is 2.01. The van der Waals surface area contributed by atoms with Gasteiger partial charge in [0.25, 0.3) is 0 Å². The van der Waals surface area contributed by atoms with Gasteiger partial charge in [-0.2, -0.15) is 0 Å². The quantitative estimate of drug-likeness (QED) is 0.564. The molecule has 0 fully saturated rings. The lowest BCUT2D eigenvalue weighted by molar-refractivity contribution is 0.0126. The van der Waals surface area contributed by atoms with Crippen LogP contribution in [0.4, 0.5) is 0 Å². The fourth-order valence-electron chi connectivity index (χ4n) is 1.75. The summed E-state index contributed by atoms with van der Waals surface area (Å²) in [6.07, 6.45) is 3.96. The molecule has 1 rings (SSSR count). The van der Waals surface area contributed by atoms with E-state index in [4.69, 9.17) is 19.3 Å². The second-order valence-electron chi connectivity index (χ2n) is 4.58. The summed E-state index contributed by atoms with van der Waals surface area (Å²) in [6, 6.07) is 3.29. The number of ether oxygens (including phenoxy) is 3. The Hall–Kier alpha value is -1.37. The van der Waals surface area contributed by atoms with Crippen LogP contribution in [0.2, 0.25) is 0 Å². The maximum absolute atomic E-state index is 10.9. The first-order valence-electron chi connectivity index (χ1n) is 7.37. The SMILES string of the molecule is CCCCOCCOCCOCCn1cccc1C(=O)O. The number of aromatic nitrogens is 1. The van der Waals surface area contributed by atoms with Crippen LogP contribution >= 0.6 is 0 Å². The highest BCUT2D eigenvalue weighted by atomic mass is 16.5. The summed E-state index contributed by atoms with van der Waals surface area (Å²) in [6.45, 7) is 6.12. The number of rotatable bonds is 13. The summed E-state index contributed by atoms with van der Waals surface area (Å²) >= 11 is 0. The zero-order chi connectivity index (χ0) is 15.3. The molecule has 120 valence electrons. The van der Waals surface area contributed by atoms with E-state index in [1.165, 1.54) is 0 Å². The zero-order valence-electron chi connectivity index (χ0n) is 12.6. The Kier molecular flexibility index (Phi) is 9.52. The Morgan fingerprint density at radius 3 is 2.33 bits per heavy atom. The average Bonchev–Trinajstić information content (AvgIpc) is 2.93. The predicted molar refractivity (Wildman–Crippen MR) is 78.8 cm³/mol. The lowest BCUT2D eigenvalue weighted by Crippen LogP contribution is -2.14. The summed E-state index contributed by atoms with van der Waals surface area (Å²) in [5.41, 5.74) is 0.277. The van der Waals surface area contributed by atoms with Gasteiger partial charge in [-0.3, -0.25) is 0 Å². The van der Waals surface area contributed by atoms with E-state index in [1.807, 2.05) is 0 Å². The molecule has 1 aromatic rings. The van der Waals surface area contributed by atoms with E-state index < -0.39 is 5.97 Å². The number of carboxylic acids is 1. The molecule has 0 bridgehead atoms. The molecule has 6 nitrogen and oxygen atoms in total. The standard InChI is InChI=1S/C15H25NO5/c1-2-3-8-19-10-12-21-13-11-20-9-7-16-6-4-5-14(16)15(17)18/h4-6H,2-3,7-13H2,1H3,(H,17,18). The molecule has 0 spiro atoms. The molecule has 0 atom stereocenters. The number of carbonyl (C=O) groups is 1. The first-order valence-corrected chi connectivity index (χ1v) is 7.37. The molecule has 1 aromatic heterocycles. The Morgan fingerprint density at radius 2 is 1.71 bits per heavy atom. The molecule has 1 heterocycles. The normalized spacial score (nSPS) is 10.9. The van der Waals surface area contributed by atoms with Gasteiger partial charge < -0.3 is 23.9 Å². The van der Waals surface area contributed by atoms with E-state index in [-0.39, 0.29) is 5.69 Å². The molecule has 21 heavy (non-hydrogen) atoms. The van der Waals surface area contributed by atoms with E-state index in [0.29, 0.717) is 39.6 Å². The first-order chi connectivity index (χ1) is 10.3. The van der Waals surface area contributed by atoms with Crippen molar-refractivity contribution in [1.82, 2.24) is 4.57 Å². The number of carboxylic acid groups (broad SMARTS) is 1. The van der Waals surface area contributed by atoms with Gasteiger partial charge in [0.15, 0.2) is 0 Å². The van der Waals surface area contributed by atoms with Crippen LogP contribution in [-0.2, 0) is 20.8 Å². The van der Waals surface area contributed by atoms with Crippen molar-refractivity contribution in [3.63, 3.8) is 0 Å². The molecule has 0 aromatic carbocycles. The molecule has 0 aliphatic heterocycles. The minimum atomic E-state index is -0.925.